The zero-order valence-corrected chi connectivity index (χ0v) is 11.0. The molecule has 0 saturated heterocycles. The van der Waals surface area contributed by atoms with E-state index >= 15 is 0 Å². The summed E-state index contributed by atoms with van der Waals surface area (Å²) in [4.78, 5) is 0. The van der Waals surface area contributed by atoms with Crippen molar-refractivity contribution in [2.75, 3.05) is 0 Å². The first-order valence-electron chi connectivity index (χ1n) is 7.02. The first kappa shape index (κ1) is 15.5. The summed E-state index contributed by atoms with van der Waals surface area (Å²) in [6.07, 6.45) is 7.12. The maximum atomic E-state index is 2.27. The molecule has 2 aromatic rings. The molecule has 0 nitrogen and oxygen atoms in total. The predicted molar refractivity (Wildman–Crippen MR) is 87.6 cm³/mol. The van der Waals surface area contributed by atoms with E-state index in [2.05, 4.69) is 30.3 Å². The molecule has 1 aliphatic carbocycles. The molecular weight excluding hydrogens is 228 g/mol. The van der Waals surface area contributed by atoms with E-state index in [4.69, 9.17) is 0 Å². The fourth-order valence-corrected chi connectivity index (χ4v) is 2.55. The highest BCUT2D eigenvalue weighted by molar-refractivity contribution is 5.19. The molecule has 2 aromatic carbocycles. The van der Waals surface area contributed by atoms with Gasteiger partial charge >= 0.3 is 0 Å². The lowest BCUT2D eigenvalue weighted by molar-refractivity contribution is 0.443. The fourth-order valence-electron chi connectivity index (χ4n) is 2.55. The number of hydrogen-bond acceptors (Lipinski definition) is 0. The normalized spacial score (nSPS) is 14.7. The lowest BCUT2D eigenvalue weighted by atomic mass is 9.84. The molecule has 0 radical (unpaired) electrons. The van der Waals surface area contributed by atoms with E-state index in [9.17, 15) is 0 Å². The first-order chi connectivity index (χ1) is 8.97. The third-order valence-electron chi connectivity index (χ3n) is 3.54. The smallest absolute Gasteiger partial charge is 0 e. The third-order valence-corrected chi connectivity index (χ3v) is 3.54. The first-order valence-corrected chi connectivity index (χ1v) is 7.02. The van der Waals surface area contributed by atoms with Crippen molar-refractivity contribution in [2.24, 2.45) is 0 Å². The summed E-state index contributed by atoms with van der Waals surface area (Å²) < 4.78 is 0. The van der Waals surface area contributed by atoms with Gasteiger partial charge in [-0.3, -0.25) is 0 Å². The van der Waals surface area contributed by atoms with Crippen molar-refractivity contribution in [3.63, 3.8) is 0 Å². The Kier molecular flexibility index (Phi) is 7.65. The number of rotatable bonds is 1. The van der Waals surface area contributed by atoms with Gasteiger partial charge in [-0.05, 0) is 24.3 Å². The van der Waals surface area contributed by atoms with Crippen LogP contribution in [0.5, 0.6) is 0 Å². The van der Waals surface area contributed by atoms with E-state index < -0.39 is 0 Å². The van der Waals surface area contributed by atoms with Crippen LogP contribution in [0.15, 0.2) is 66.7 Å². The van der Waals surface area contributed by atoms with E-state index in [1.165, 1.54) is 32.1 Å². The van der Waals surface area contributed by atoms with Crippen LogP contribution in [0.3, 0.4) is 0 Å². The summed E-state index contributed by atoms with van der Waals surface area (Å²) in [5, 5.41) is 0. The lowest BCUT2D eigenvalue weighted by Crippen LogP contribution is -2.03. The van der Waals surface area contributed by atoms with E-state index in [1.54, 1.807) is 5.56 Å². The topological polar surface area (TPSA) is 0 Å². The van der Waals surface area contributed by atoms with Gasteiger partial charge in [0.25, 0.3) is 0 Å². The number of benzene rings is 2. The molecule has 0 heteroatoms. The Morgan fingerprint density at radius 3 is 1.53 bits per heavy atom. The van der Waals surface area contributed by atoms with Gasteiger partial charge in [0.1, 0.15) is 0 Å². The van der Waals surface area contributed by atoms with Crippen molar-refractivity contribution in [3.8, 4) is 0 Å². The Bertz CT molecular complexity index is 378. The highest BCUT2D eigenvalue weighted by Gasteiger charge is 2.14. The van der Waals surface area contributed by atoms with Gasteiger partial charge in [-0.25, -0.2) is 0 Å². The van der Waals surface area contributed by atoms with Crippen LogP contribution in [-0.2, 0) is 0 Å². The molecule has 0 spiro atoms. The van der Waals surface area contributed by atoms with Crippen LogP contribution in [-0.4, -0.2) is 0 Å². The van der Waals surface area contributed by atoms with E-state index in [1.807, 2.05) is 36.4 Å². The zero-order chi connectivity index (χ0) is 12.5. The molecular formula is C19H28. The van der Waals surface area contributed by atoms with Crippen LogP contribution in [0.4, 0.5) is 0 Å². The van der Waals surface area contributed by atoms with Crippen molar-refractivity contribution >= 4 is 0 Å². The summed E-state index contributed by atoms with van der Waals surface area (Å²) in [5.41, 5.74) is 1.55. The largest absolute Gasteiger partial charge is 0.0776 e. The van der Waals surface area contributed by atoms with E-state index in [-0.39, 0.29) is 8.85 Å². The highest BCUT2D eigenvalue weighted by atomic mass is 14.2. The minimum atomic E-state index is 0. The zero-order valence-electron chi connectivity index (χ0n) is 11.0. The molecule has 0 heterocycles. The van der Waals surface area contributed by atoms with Gasteiger partial charge in [-0.2, -0.15) is 0 Å². The minimum absolute atomic E-state index is 0. The van der Waals surface area contributed by atoms with Gasteiger partial charge in [0, 0.05) is 1.43 Å². The second-order valence-corrected chi connectivity index (χ2v) is 4.90. The molecule has 104 valence electrons. The van der Waals surface area contributed by atoms with Crippen molar-refractivity contribution < 1.29 is 1.43 Å². The molecule has 19 heavy (non-hydrogen) atoms. The summed E-state index contributed by atoms with van der Waals surface area (Å²) >= 11 is 0. The maximum absolute atomic E-state index is 2.27. The molecule has 3 rings (SSSR count). The van der Waals surface area contributed by atoms with Crippen molar-refractivity contribution in [1.82, 2.24) is 0 Å². The summed E-state index contributed by atoms with van der Waals surface area (Å²) in [6, 6.07) is 23.0. The van der Waals surface area contributed by atoms with Gasteiger partial charge in [0.05, 0.1) is 0 Å². The molecule has 1 saturated carbocycles. The monoisotopic (exact) mass is 256 g/mol. The quantitative estimate of drug-likeness (QED) is 0.561. The molecule has 0 amide bonds. The van der Waals surface area contributed by atoms with Crippen molar-refractivity contribution in [1.29, 1.82) is 0 Å². The molecule has 1 fully saturated rings. The van der Waals surface area contributed by atoms with Crippen molar-refractivity contribution in [3.05, 3.63) is 72.3 Å². The summed E-state index contributed by atoms with van der Waals surface area (Å²) in [6.45, 7) is 0. The molecule has 0 N–H and O–H groups in total. The molecule has 0 atom stereocenters. The molecule has 1 aliphatic rings. The molecule has 0 aromatic heterocycles. The third kappa shape index (κ3) is 5.74. The van der Waals surface area contributed by atoms with Gasteiger partial charge in [0.15, 0.2) is 0 Å². The molecule has 0 unspecified atom stereocenters. The maximum Gasteiger partial charge on any atom is 0 e. The Morgan fingerprint density at radius 1 is 0.632 bits per heavy atom. The Morgan fingerprint density at radius 2 is 1.05 bits per heavy atom. The van der Waals surface area contributed by atoms with Crippen LogP contribution in [0.2, 0.25) is 0 Å². The van der Waals surface area contributed by atoms with Gasteiger partial charge in [-0.15, -0.1) is 0 Å². The second kappa shape index (κ2) is 9.38. The standard InChI is InChI=1S/C12H16.C6H6.CH4.H2/c1-3-7-11(8-4-1)12-9-5-2-6-10-12;1-2-4-6-5-3-1;;/h1,3-4,7-8,12H,2,5-6,9-10H2;1-6H;1H4;1H. The Labute approximate surface area is 120 Å². The van der Waals surface area contributed by atoms with Gasteiger partial charge < -0.3 is 0 Å². The van der Waals surface area contributed by atoms with Gasteiger partial charge in [-0.1, -0.05) is 93.4 Å². The highest BCUT2D eigenvalue weighted by Crippen LogP contribution is 2.31. The van der Waals surface area contributed by atoms with Crippen molar-refractivity contribution in [2.45, 2.75) is 45.4 Å². The molecule has 0 bridgehead atoms. The Balaban J connectivity index is 0.000000390. The van der Waals surface area contributed by atoms with Crippen LogP contribution < -0.4 is 0 Å². The van der Waals surface area contributed by atoms with E-state index in [0.717, 1.165) is 5.92 Å². The second-order valence-electron chi connectivity index (χ2n) is 4.90. The minimum Gasteiger partial charge on any atom is -0.0776 e. The predicted octanol–water partition coefficient (Wildman–Crippen LogP) is 6.30. The van der Waals surface area contributed by atoms with Crippen LogP contribution >= 0.6 is 0 Å². The summed E-state index contributed by atoms with van der Waals surface area (Å²) in [5.74, 6) is 0.861. The fraction of sp³-hybridized carbons (Fsp3) is 0.368. The lowest BCUT2D eigenvalue weighted by Gasteiger charge is -2.21. The van der Waals surface area contributed by atoms with Crippen LogP contribution in [0.1, 0.15) is 52.4 Å². The van der Waals surface area contributed by atoms with E-state index in [0.29, 0.717) is 0 Å². The SMILES string of the molecule is C.[HH].c1ccc(C2CCCCC2)cc1.c1ccccc1. The average molecular weight is 256 g/mol. The molecule has 0 aliphatic heterocycles. The number of hydrogen-bond donors (Lipinski definition) is 0. The summed E-state index contributed by atoms with van der Waals surface area (Å²) in [7, 11) is 0. The van der Waals surface area contributed by atoms with Crippen LogP contribution in [0, 0.1) is 0 Å². The average Bonchev–Trinajstić information content (AvgIpc) is 2.51. The Hall–Kier alpha value is -1.56. The van der Waals surface area contributed by atoms with Crippen LogP contribution in [0.25, 0.3) is 0 Å². The van der Waals surface area contributed by atoms with Gasteiger partial charge in [0.2, 0.25) is 0 Å².